The van der Waals surface area contributed by atoms with Gasteiger partial charge in [-0.15, -0.1) is 0 Å². The molecule has 0 spiro atoms. The summed E-state index contributed by atoms with van der Waals surface area (Å²) in [6.07, 6.45) is -4.30. The molecular weight excluding hydrogens is 152 g/mol. The second-order valence-electron chi connectivity index (χ2n) is 2.20. The van der Waals surface area contributed by atoms with E-state index in [1.54, 1.807) is 0 Å². The van der Waals surface area contributed by atoms with Crippen molar-refractivity contribution in [1.29, 1.82) is 0 Å². The first-order valence-corrected chi connectivity index (χ1v) is 3.23. The van der Waals surface area contributed by atoms with Gasteiger partial charge < -0.3 is 25.2 Å². The van der Waals surface area contributed by atoms with Gasteiger partial charge in [-0.1, -0.05) is 0 Å². The third-order valence-corrected chi connectivity index (χ3v) is 1.31. The zero-order chi connectivity index (χ0) is 8.85. The average molecular weight is 164 g/mol. The Hall–Kier alpha value is -0.490. The zero-order valence-electron chi connectivity index (χ0n) is 5.92. The number of carbonyl (C=O) groups is 1. The lowest BCUT2D eigenvalue weighted by atomic mass is 10.1. The summed E-state index contributed by atoms with van der Waals surface area (Å²) < 4.78 is 0. The third-order valence-electron chi connectivity index (χ3n) is 1.31. The summed E-state index contributed by atoms with van der Waals surface area (Å²) in [5.74, 6) is 0. The summed E-state index contributed by atoms with van der Waals surface area (Å²) in [7, 11) is 0. The van der Waals surface area contributed by atoms with Crippen molar-refractivity contribution in [1.82, 2.24) is 0 Å². The SMILES string of the molecule is O=C[C@H](O)[C@H](O)[C@H](O)CCO. The van der Waals surface area contributed by atoms with E-state index in [1.807, 2.05) is 0 Å². The third kappa shape index (κ3) is 3.43. The van der Waals surface area contributed by atoms with E-state index in [4.69, 9.17) is 20.4 Å². The van der Waals surface area contributed by atoms with Gasteiger partial charge in [-0.3, -0.25) is 0 Å². The fraction of sp³-hybridized carbons (Fsp3) is 0.833. The van der Waals surface area contributed by atoms with Crippen LogP contribution in [0.4, 0.5) is 0 Å². The van der Waals surface area contributed by atoms with Gasteiger partial charge in [0.15, 0.2) is 6.29 Å². The topological polar surface area (TPSA) is 98.0 Å². The molecule has 66 valence electrons. The summed E-state index contributed by atoms with van der Waals surface area (Å²) in [6, 6.07) is 0. The van der Waals surface area contributed by atoms with E-state index < -0.39 is 18.3 Å². The van der Waals surface area contributed by atoms with Crippen LogP contribution in [-0.4, -0.2) is 51.6 Å². The van der Waals surface area contributed by atoms with Crippen molar-refractivity contribution >= 4 is 6.29 Å². The van der Waals surface area contributed by atoms with Gasteiger partial charge in [0.1, 0.15) is 12.2 Å². The summed E-state index contributed by atoms with van der Waals surface area (Å²) >= 11 is 0. The lowest BCUT2D eigenvalue weighted by Crippen LogP contribution is -2.38. The molecule has 0 unspecified atom stereocenters. The van der Waals surface area contributed by atoms with Crippen molar-refractivity contribution in [3.63, 3.8) is 0 Å². The maximum absolute atomic E-state index is 9.87. The molecule has 0 rings (SSSR count). The Morgan fingerprint density at radius 2 is 1.82 bits per heavy atom. The van der Waals surface area contributed by atoms with E-state index in [2.05, 4.69) is 0 Å². The summed E-state index contributed by atoms with van der Waals surface area (Å²) in [5.41, 5.74) is 0. The second-order valence-corrected chi connectivity index (χ2v) is 2.20. The number of aldehydes is 1. The number of rotatable bonds is 5. The maximum atomic E-state index is 9.87. The van der Waals surface area contributed by atoms with Crippen molar-refractivity contribution in [3.8, 4) is 0 Å². The molecule has 0 saturated heterocycles. The first kappa shape index (κ1) is 10.5. The fourth-order valence-electron chi connectivity index (χ4n) is 0.611. The van der Waals surface area contributed by atoms with Crippen LogP contribution >= 0.6 is 0 Å². The molecule has 0 heterocycles. The lowest BCUT2D eigenvalue weighted by molar-refractivity contribution is -0.126. The van der Waals surface area contributed by atoms with Gasteiger partial charge in [0, 0.05) is 6.61 Å². The highest BCUT2D eigenvalue weighted by atomic mass is 16.4. The Labute approximate surface area is 63.9 Å². The highest BCUT2D eigenvalue weighted by Gasteiger charge is 2.23. The average Bonchev–Trinajstić information content (AvgIpc) is 2.02. The van der Waals surface area contributed by atoms with Crippen LogP contribution in [0.15, 0.2) is 0 Å². The fourth-order valence-corrected chi connectivity index (χ4v) is 0.611. The van der Waals surface area contributed by atoms with Crippen molar-refractivity contribution < 1.29 is 25.2 Å². The molecule has 0 saturated carbocycles. The molecule has 0 radical (unpaired) electrons. The number of aliphatic hydroxyl groups is 4. The molecule has 4 N–H and O–H groups in total. The maximum Gasteiger partial charge on any atom is 0.151 e. The quantitative estimate of drug-likeness (QED) is 0.341. The molecule has 3 atom stereocenters. The molecule has 0 amide bonds. The van der Waals surface area contributed by atoms with E-state index in [-0.39, 0.29) is 19.3 Å². The van der Waals surface area contributed by atoms with Crippen LogP contribution in [0.2, 0.25) is 0 Å². The van der Waals surface area contributed by atoms with Crippen LogP contribution < -0.4 is 0 Å². The molecule has 0 aromatic carbocycles. The standard InChI is InChI=1S/C6H12O5/c7-2-1-4(9)6(11)5(10)3-8/h3-7,9-11H,1-2H2/t4-,5+,6-/m1/s1. The van der Waals surface area contributed by atoms with Gasteiger partial charge >= 0.3 is 0 Å². The minimum atomic E-state index is -1.59. The molecule has 0 aromatic rings. The van der Waals surface area contributed by atoms with Crippen molar-refractivity contribution in [3.05, 3.63) is 0 Å². The predicted molar refractivity (Wildman–Crippen MR) is 35.8 cm³/mol. The Kier molecular flexibility index (Phi) is 4.97. The van der Waals surface area contributed by atoms with Crippen molar-refractivity contribution in [2.75, 3.05) is 6.61 Å². The molecule has 5 heteroatoms. The lowest BCUT2D eigenvalue weighted by Gasteiger charge is -2.17. The van der Waals surface area contributed by atoms with E-state index in [1.165, 1.54) is 0 Å². The summed E-state index contributed by atoms with van der Waals surface area (Å²) in [4.78, 5) is 9.87. The van der Waals surface area contributed by atoms with Crippen LogP contribution in [0.5, 0.6) is 0 Å². The number of aliphatic hydroxyl groups excluding tert-OH is 4. The van der Waals surface area contributed by atoms with Crippen LogP contribution in [-0.2, 0) is 4.79 Å². The molecular formula is C6H12O5. The van der Waals surface area contributed by atoms with Crippen LogP contribution in [0.3, 0.4) is 0 Å². The minimum absolute atomic E-state index is 0.0634. The largest absolute Gasteiger partial charge is 0.396 e. The van der Waals surface area contributed by atoms with Crippen LogP contribution in [0, 0.1) is 0 Å². The molecule has 0 aliphatic carbocycles. The second kappa shape index (κ2) is 5.20. The number of hydrogen-bond donors (Lipinski definition) is 4. The highest BCUT2D eigenvalue weighted by Crippen LogP contribution is 2.01. The van der Waals surface area contributed by atoms with Crippen molar-refractivity contribution in [2.24, 2.45) is 0 Å². The normalized spacial score (nSPS) is 18.9. The molecule has 0 aliphatic heterocycles. The van der Waals surface area contributed by atoms with E-state index in [0.29, 0.717) is 0 Å². The predicted octanol–water partition coefficient (Wildman–Crippen LogP) is -2.35. The molecule has 0 fully saturated rings. The smallest absolute Gasteiger partial charge is 0.151 e. The van der Waals surface area contributed by atoms with Crippen molar-refractivity contribution in [2.45, 2.75) is 24.7 Å². The Bertz CT molecular complexity index is 116. The van der Waals surface area contributed by atoms with Gasteiger partial charge in [0.05, 0.1) is 6.10 Å². The molecule has 5 nitrogen and oxygen atoms in total. The van der Waals surface area contributed by atoms with Gasteiger partial charge in [-0.25, -0.2) is 0 Å². The Balaban J connectivity index is 3.79. The van der Waals surface area contributed by atoms with Gasteiger partial charge in [0.25, 0.3) is 0 Å². The first-order valence-electron chi connectivity index (χ1n) is 3.23. The summed E-state index contributed by atoms with van der Waals surface area (Å²) in [5, 5.41) is 34.7. The zero-order valence-corrected chi connectivity index (χ0v) is 5.92. The Morgan fingerprint density at radius 1 is 1.27 bits per heavy atom. The monoisotopic (exact) mass is 164 g/mol. The van der Waals surface area contributed by atoms with Crippen LogP contribution in [0.25, 0.3) is 0 Å². The number of hydrogen-bond acceptors (Lipinski definition) is 5. The van der Waals surface area contributed by atoms with Gasteiger partial charge in [0.2, 0.25) is 0 Å². The molecule has 11 heavy (non-hydrogen) atoms. The molecule has 0 aliphatic rings. The highest BCUT2D eigenvalue weighted by molar-refractivity contribution is 5.56. The molecule has 0 aromatic heterocycles. The first-order chi connectivity index (χ1) is 5.13. The summed E-state index contributed by atoms with van der Waals surface area (Å²) in [6.45, 7) is -0.302. The Morgan fingerprint density at radius 3 is 2.18 bits per heavy atom. The van der Waals surface area contributed by atoms with E-state index in [0.717, 1.165) is 0 Å². The minimum Gasteiger partial charge on any atom is -0.396 e. The van der Waals surface area contributed by atoms with E-state index >= 15 is 0 Å². The van der Waals surface area contributed by atoms with Crippen LogP contribution in [0.1, 0.15) is 6.42 Å². The van der Waals surface area contributed by atoms with E-state index in [9.17, 15) is 4.79 Å². The van der Waals surface area contributed by atoms with Gasteiger partial charge in [-0.05, 0) is 6.42 Å². The van der Waals surface area contributed by atoms with Gasteiger partial charge in [-0.2, -0.15) is 0 Å². The molecule has 0 bridgehead atoms. The number of carbonyl (C=O) groups excluding carboxylic acids is 1.